The van der Waals surface area contributed by atoms with Crippen LogP contribution in [0, 0.1) is 0 Å². The maximum Gasteiger partial charge on any atom is 0.184 e. The summed E-state index contributed by atoms with van der Waals surface area (Å²) in [6, 6.07) is 0. The van der Waals surface area contributed by atoms with Crippen LogP contribution in [0.2, 0.25) is 0 Å². The maximum atomic E-state index is 11.7. The molecule has 0 saturated heterocycles. The van der Waals surface area contributed by atoms with Gasteiger partial charge in [0.05, 0.1) is 0 Å². The molecule has 0 N–H and O–H groups in total. The second-order valence-electron chi connectivity index (χ2n) is 4.56. The number of hydrogen-bond donors (Lipinski definition) is 0. The first kappa shape index (κ1) is 15.1. The molecular weight excluding hydrogens is 264 g/mol. The summed E-state index contributed by atoms with van der Waals surface area (Å²) in [6.07, 6.45) is 4.55. The molecule has 0 aromatic carbocycles. The molecule has 0 saturated carbocycles. The molecule has 0 aromatic heterocycles. The first-order chi connectivity index (χ1) is 9.63. The Morgan fingerprint density at radius 1 is 0.900 bits per heavy atom. The van der Waals surface area contributed by atoms with Crippen molar-refractivity contribution in [3.05, 3.63) is 24.3 Å². The predicted molar refractivity (Wildman–Crippen MR) is 68.9 cm³/mol. The van der Waals surface area contributed by atoms with Gasteiger partial charge in [0.15, 0.2) is 24.1 Å². The molecular formula is C14H18O6. The molecule has 4 atom stereocenters. The zero-order chi connectivity index (χ0) is 14.5. The van der Waals surface area contributed by atoms with Crippen molar-refractivity contribution in [3.63, 3.8) is 0 Å². The molecule has 0 aliphatic carbocycles. The van der Waals surface area contributed by atoms with E-state index in [0.29, 0.717) is 12.8 Å². The van der Waals surface area contributed by atoms with Crippen molar-refractivity contribution >= 4 is 11.6 Å². The first-order valence-electron chi connectivity index (χ1n) is 6.44. The standard InChI is InChI=1S/C14H18O6/c1-17-13-7-3-9(15)11(19-13)5-6-12-10(16)4-8-14(18-2)20-12/h3-4,7-8,11-14H,5-6H2,1-2H3/t11-,12-,13?,14?/m1/s1. The zero-order valence-electron chi connectivity index (χ0n) is 11.5. The van der Waals surface area contributed by atoms with Crippen LogP contribution < -0.4 is 0 Å². The van der Waals surface area contributed by atoms with Crippen LogP contribution in [0.25, 0.3) is 0 Å². The van der Waals surface area contributed by atoms with Crippen molar-refractivity contribution in [2.45, 2.75) is 37.6 Å². The van der Waals surface area contributed by atoms with Crippen LogP contribution in [0.4, 0.5) is 0 Å². The SMILES string of the molecule is COC1C=CC(=O)[C@@H](CC[C@H]2OC(OC)C=CC2=O)O1. The minimum absolute atomic E-state index is 0.125. The minimum atomic E-state index is -0.603. The van der Waals surface area contributed by atoms with Gasteiger partial charge in [-0.25, -0.2) is 0 Å². The number of rotatable bonds is 5. The quantitative estimate of drug-likeness (QED) is 0.741. The van der Waals surface area contributed by atoms with Crippen LogP contribution in [-0.2, 0) is 28.5 Å². The average Bonchev–Trinajstić information content (AvgIpc) is 2.48. The fourth-order valence-electron chi connectivity index (χ4n) is 2.10. The summed E-state index contributed by atoms with van der Waals surface area (Å²) in [6.45, 7) is 0. The minimum Gasteiger partial charge on any atom is -0.352 e. The van der Waals surface area contributed by atoms with Gasteiger partial charge in [0.25, 0.3) is 0 Å². The third-order valence-corrected chi connectivity index (χ3v) is 3.22. The van der Waals surface area contributed by atoms with E-state index in [1.165, 1.54) is 26.4 Å². The zero-order valence-corrected chi connectivity index (χ0v) is 11.5. The Bertz CT molecular complexity index is 387. The lowest BCUT2D eigenvalue weighted by Crippen LogP contribution is -2.36. The molecule has 2 rings (SSSR count). The number of ketones is 2. The van der Waals surface area contributed by atoms with E-state index in [1.54, 1.807) is 12.2 Å². The van der Waals surface area contributed by atoms with Crippen LogP contribution in [0.3, 0.4) is 0 Å². The van der Waals surface area contributed by atoms with Gasteiger partial charge in [-0.15, -0.1) is 0 Å². The van der Waals surface area contributed by atoms with Crippen LogP contribution in [0.1, 0.15) is 12.8 Å². The van der Waals surface area contributed by atoms with Gasteiger partial charge in [0.1, 0.15) is 12.2 Å². The van der Waals surface area contributed by atoms with E-state index < -0.39 is 24.8 Å². The van der Waals surface area contributed by atoms with E-state index in [0.717, 1.165) is 0 Å². The molecule has 0 spiro atoms. The number of hydrogen-bond acceptors (Lipinski definition) is 6. The highest BCUT2D eigenvalue weighted by molar-refractivity contribution is 5.95. The fraction of sp³-hybridized carbons (Fsp3) is 0.571. The highest BCUT2D eigenvalue weighted by atomic mass is 16.7. The second-order valence-corrected chi connectivity index (χ2v) is 4.56. The summed E-state index contributed by atoms with van der Waals surface area (Å²) < 4.78 is 21.0. The fourth-order valence-corrected chi connectivity index (χ4v) is 2.10. The van der Waals surface area contributed by atoms with Crippen LogP contribution >= 0.6 is 0 Å². The van der Waals surface area contributed by atoms with E-state index in [-0.39, 0.29) is 11.6 Å². The molecule has 0 amide bonds. The Morgan fingerprint density at radius 2 is 1.30 bits per heavy atom. The first-order valence-corrected chi connectivity index (χ1v) is 6.44. The Hall–Kier alpha value is -1.34. The molecule has 2 aliphatic rings. The molecule has 2 unspecified atom stereocenters. The lowest BCUT2D eigenvalue weighted by atomic mass is 10.0. The lowest BCUT2D eigenvalue weighted by Gasteiger charge is -2.27. The number of carbonyl (C=O) groups excluding carboxylic acids is 2. The summed E-state index contributed by atoms with van der Waals surface area (Å²) in [5.74, 6) is -0.249. The van der Waals surface area contributed by atoms with Crippen molar-refractivity contribution in [3.8, 4) is 0 Å². The van der Waals surface area contributed by atoms with Gasteiger partial charge >= 0.3 is 0 Å². The smallest absolute Gasteiger partial charge is 0.184 e. The normalized spacial score (nSPS) is 33.7. The number of carbonyl (C=O) groups is 2. The van der Waals surface area contributed by atoms with Gasteiger partial charge in [0.2, 0.25) is 0 Å². The Labute approximate surface area is 117 Å². The summed E-state index contributed by atoms with van der Waals surface area (Å²) in [7, 11) is 3.01. The monoisotopic (exact) mass is 282 g/mol. The molecule has 2 heterocycles. The summed E-state index contributed by atoms with van der Waals surface area (Å²) in [4.78, 5) is 23.4. The van der Waals surface area contributed by atoms with E-state index in [4.69, 9.17) is 18.9 Å². The number of ether oxygens (including phenoxy) is 4. The van der Waals surface area contributed by atoms with Crippen molar-refractivity contribution in [2.24, 2.45) is 0 Å². The molecule has 0 fully saturated rings. The van der Waals surface area contributed by atoms with E-state index in [1.807, 2.05) is 0 Å². The van der Waals surface area contributed by atoms with Crippen LogP contribution in [0.15, 0.2) is 24.3 Å². The molecule has 6 nitrogen and oxygen atoms in total. The van der Waals surface area contributed by atoms with Gasteiger partial charge in [-0.05, 0) is 37.1 Å². The van der Waals surface area contributed by atoms with E-state index in [2.05, 4.69) is 0 Å². The molecule has 110 valence electrons. The second kappa shape index (κ2) is 6.90. The van der Waals surface area contributed by atoms with Gasteiger partial charge < -0.3 is 18.9 Å². The topological polar surface area (TPSA) is 71.1 Å². The van der Waals surface area contributed by atoms with Gasteiger partial charge in [-0.3, -0.25) is 9.59 Å². The van der Waals surface area contributed by atoms with E-state index in [9.17, 15) is 9.59 Å². The largest absolute Gasteiger partial charge is 0.352 e. The van der Waals surface area contributed by atoms with Crippen molar-refractivity contribution < 1.29 is 28.5 Å². The molecule has 2 aliphatic heterocycles. The molecule has 0 bridgehead atoms. The molecule has 6 heteroatoms. The van der Waals surface area contributed by atoms with Crippen molar-refractivity contribution in [2.75, 3.05) is 14.2 Å². The molecule has 0 radical (unpaired) electrons. The van der Waals surface area contributed by atoms with E-state index >= 15 is 0 Å². The van der Waals surface area contributed by atoms with Gasteiger partial charge in [-0.1, -0.05) is 0 Å². The van der Waals surface area contributed by atoms with Crippen LogP contribution in [0.5, 0.6) is 0 Å². The van der Waals surface area contributed by atoms with Crippen molar-refractivity contribution in [1.82, 2.24) is 0 Å². The van der Waals surface area contributed by atoms with Crippen molar-refractivity contribution in [1.29, 1.82) is 0 Å². The predicted octanol–water partition coefficient (Wildman–Crippen LogP) is 0.760. The van der Waals surface area contributed by atoms with Gasteiger partial charge in [0, 0.05) is 14.2 Å². The Balaban J connectivity index is 1.88. The third-order valence-electron chi connectivity index (χ3n) is 3.22. The van der Waals surface area contributed by atoms with Gasteiger partial charge in [-0.2, -0.15) is 0 Å². The Morgan fingerprint density at radius 3 is 1.65 bits per heavy atom. The third kappa shape index (κ3) is 3.61. The molecule has 0 aromatic rings. The lowest BCUT2D eigenvalue weighted by molar-refractivity contribution is -0.165. The maximum absolute atomic E-state index is 11.7. The highest BCUT2D eigenvalue weighted by Gasteiger charge is 2.30. The highest BCUT2D eigenvalue weighted by Crippen LogP contribution is 2.20. The summed E-state index contributed by atoms with van der Waals surface area (Å²) in [5.41, 5.74) is 0. The molecule has 20 heavy (non-hydrogen) atoms. The Kier molecular flexibility index (Phi) is 5.19. The summed E-state index contributed by atoms with van der Waals surface area (Å²) in [5, 5.41) is 0. The summed E-state index contributed by atoms with van der Waals surface area (Å²) >= 11 is 0. The average molecular weight is 282 g/mol. The van der Waals surface area contributed by atoms with Crippen LogP contribution in [-0.4, -0.2) is 50.6 Å². The number of methoxy groups -OCH3 is 2.